The average Bonchev–Trinajstić information content (AvgIpc) is 3.09. The third-order valence-electron chi connectivity index (χ3n) is 3.77. The van der Waals surface area contributed by atoms with Gasteiger partial charge in [0.15, 0.2) is 11.5 Å². The number of fused-ring (bicyclic) bond motifs is 1. The summed E-state index contributed by atoms with van der Waals surface area (Å²) in [6, 6.07) is 12.9. The Kier molecular flexibility index (Phi) is 5.98. The first-order valence-corrected chi connectivity index (χ1v) is 8.62. The lowest BCUT2D eigenvalue weighted by molar-refractivity contribution is -0.121. The molecule has 0 fully saturated rings. The number of aromatic nitrogens is 3. The Bertz CT molecular complexity index is 951. The Morgan fingerprint density at radius 1 is 1.26 bits per heavy atom. The summed E-state index contributed by atoms with van der Waals surface area (Å²) in [6.45, 7) is 2.69. The van der Waals surface area contributed by atoms with Crippen molar-refractivity contribution in [1.82, 2.24) is 20.4 Å². The molecular weight excluding hydrogens is 346 g/mol. The quantitative estimate of drug-likeness (QED) is 0.488. The highest BCUT2D eigenvalue weighted by atomic mass is 16.5. The number of amides is 1. The summed E-state index contributed by atoms with van der Waals surface area (Å²) in [4.78, 5) is 12.1. The van der Waals surface area contributed by atoms with Crippen LogP contribution in [0.3, 0.4) is 0 Å². The number of para-hydroxylation sites is 1. The first-order valence-electron chi connectivity index (χ1n) is 8.62. The highest BCUT2D eigenvalue weighted by molar-refractivity contribution is 5.84. The summed E-state index contributed by atoms with van der Waals surface area (Å²) >= 11 is 0. The molecule has 0 atom stereocenters. The standard InChI is InChI=1S/C19H21N5O3/c1-3-10-27-17-9-8-14(11-18(17)26-2)12-20-22-19(25)13-24-16-7-5-4-6-15(16)21-23-24/h4-9,11-12H,3,10,13H2,1-2H3,(H,22,25)/b20-12+. The molecule has 1 heterocycles. The number of hydrogen-bond acceptors (Lipinski definition) is 6. The van der Waals surface area contributed by atoms with Crippen LogP contribution in [0.4, 0.5) is 0 Å². The molecule has 0 aliphatic carbocycles. The number of hydrazone groups is 1. The van der Waals surface area contributed by atoms with Crippen molar-refractivity contribution in [3.8, 4) is 11.5 Å². The third kappa shape index (κ3) is 4.60. The van der Waals surface area contributed by atoms with Gasteiger partial charge in [-0.25, -0.2) is 10.1 Å². The SMILES string of the molecule is CCCOc1ccc(/C=N/NC(=O)Cn2nnc3ccccc32)cc1OC. The zero-order valence-corrected chi connectivity index (χ0v) is 15.3. The van der Waals surface area contributed by atoms with Crippen LogP contribution in [0.25, 0.3) is 11.0 Å². The van der Waals surface area contributed by atoms with Crippen molar-refractivity contribution in [2.75, 3.05) is 13.7 Å². The Hall–Kier alpha value is -3.42. The largest absolute Gasteiger partial charge is 0.493 e. The van der Waals surface area contributed by atoms with Crippen LogP contribution >= 0.6 is 0 Å². The first-order chi connectivity index (χ1) is 13.2. The minimum Gasteiger partial charge on any atom is -0.493 e. The number of hydrogen-bond donors (Lipinski definition) is 1. The zero-order chi connectivity index (χ0) is 19.1. The lowest BCUT2D eigenvalue weighted by Crippen LogP contribution is -2.23. The van der Waals surface area contributed by atoms with E-state index in [1.54, 1.807) is 19.4 Å². The van der Waals surface area contributed by atoms with E-state index < -0.39 is 0 Å². The van der Waals surface area contributed by atoms with Gasteiger partial charge >= 0.3 is 0 Å². The van der Waals surface area contributed by atoms with E-state index in [0.717, 1.165) is 23.0 Å². The van der Waals surface area contributed by atoms with Crippen molar-refractivity contribution < 1.29 is 14.3 Å². The van der Waals surface area contributed by atoms with Crippen LogP contribution in [0.1, 0.15) is 18.9 Å². The Balaban J connectivity index is 1.60. The Labute approximate surface area is 156 Å². The fourth-order valence-electron chi connectivity index (χ4n) is 2.48. The van der Waals surface area contributed by atoms with Crippen LogP contribution in [-0.4, -0.2) is 40.8 Å². The van der Waals surface area contributed by atoms with Crippen LogP contribution in [0, 0.1) is 0 Å². The van der Waals surface area contributed by atoms with Gasteiger partial charge in [0.1, 0.15) is 12.1 Å². The van der Waals surface area contributed by atoms with E-state index in [2.05, 4.69) is 20.8 Å². The molecule has 0 spiro atoms. The minimum atomic E-state index is -0.295. The normalized spacial score (nSPS) is 11.0. The third-order valence-corrected chi connectivity index (χ3v) is 3.77. The fourth-order valence-corrected chi connectivity index (χ4v) is 2.48. The van der Waals surface area contributed by atoms with E-state index >= 15 is 0 Å². The highest BCUT2D eigenvalue weighted by Crippen LogP contribution is 2.27. The fraction of sp³-hybridized carbons (Fsp3) is 0.263. The molecule has 0 saturated heterocycles. The summed E-state index contributed by atoms with van der Waals surface area (Å²) in [7, 11) is 1.58. The maximum Gasteiger partial charge on any atom is 0.261 e. The highest BCUT2D eigenvalue weighted by Gasteiger charge is 2.08. The number of carbonyl (C=O) groups excluding carboxylic acids is 1. The van der Waals surface area contributed by atoms with Gasteiger partial charge in [0.25, 0.3) is 5.91 Å². The maximum atomic E-state index is 12.1. The number of rotatable bonds is 8. The van der Waals surface area contributed by atoms with Crippen LogP contribution in [0.2, 0.25) is 0 Å². The lowest BCUT2D eigenvalue weighted by Gasteiger charge is -2.10. The van der Waals surface area contributed by atoms with E-state index in [1.165, 1.54) is 4.68 Å². The molecule has 8 heteroatoms. The monoisotopic (exact) mass is 367 g/mol. The maximum absolute atomic E-state index is 12.1. The number of nitrogens with one attached hydrogen (secondary N) is 1. The molecule has 2 aromatic carbocycles. The Morgan fingerprint density at radius 3 is 2.93 bits per heavy atom. The van der Waals surface area contributed by atoms with Gasteiger partial charge in [-0.05, 0) is 42.3 Å². The van der Waals surface area contributed by atoms with E-state index in [4.69, 9.17) is 9.47 Å². The molecule has 27 heavy (non-hydrogen) atoms. The van der Waals surface area contributed by atoms with Gasteiger partial charge in [-0.2, -0.15) is 5.10 Å². The predicted octanol–water partition coefficient (Wildman–Crippen LogP) is 2.38. The van der Waals surface area contributed by atoms with Crippen LogP contribution < -0.4 is 14.9 Å². The van der Waals surface area contributed by atoms with E-state index in [-0.39, 0.29) is 12.5 Å². The smallest absolute Gasteiger partial charge is 0.261 e. The lowest BCUT2D eigenvalue weighted by atomic mass is 10.2. The van der Waals surface area contributed by atoms with Gasteiger partial charge in [0.05, 0.1) is 25.4 Å². The van der Waals surface area contributed by atoms with Crippen molar-refractivity contribution in [2.24, 2.45) is 5.10 Å². The second-order valence-electron chi connectivity index (χ2n) is 5.79. The number of nitrogens with zero attached hydrogens (tertiary/aromatic N) is 4. The predicted molar refractivity (Wildman–Crippen MR) is 102 cm³/mol. The molecule has 3 aromatic rings. The number of benzene rings is 2. The van der Waals surface area contributed by atoms with Gasteiger partial charge in [-0.15, -0.1) is 5.10 Å². The molecule has 0 bridgehead atoms. The van der Waals surface area contributed by atoms with Crippen LogP contribution in [0.15, 0.2) is 47.6 Å². The summed E-state index contributed by atoms with van der Waals surface area (Å²) in [5.41, 5.74) is 4.81. The molecule has 140 valence electrons. The molecule has 1 N–H and O–H groups in total. The molecule has 3 rings (SSSR count). The minimum absolute atomic E-state index is 0.0327. The molecule has 0 aliphatic heterocycles. The topological polar surface area (TPSA) is 90.6 Å². The zero-order valence-electron chi connectivity index (χ0n) is 15.3. The number of ether oxygens (including phenoxy) is 2. The summed E-state index contributed by atoms with van der Waals surface area (Å²) in [5, 5.41) is 12.0. The van der Waals surface area contributed by atoms with Crippen molar-refractivity contribution in [3.05, 3.63) is 48.0 Å². The van der Waals surface area contributed by atoms with E-state index in [1.807, 2.05) is 43.3 Å². The van der Waals surface area contributed by atoms with Crippen molar-refractivity contribution in [3.63, 3.8) is 0 Å². The number of carbonyl (C=O) groups is 1. The molecule has 1 amide bonds. The Morgan fingerprint density at radius 2 is 2.11 bits per heavy atom. The molecule has 0 radical (unpaired) electrons. The molecule has 0 saturated carbocycles. The average molecular weight is 367 g/mol. The van der Waals surface area contributed by atoms with Crippen LogP contribution in [0.5, 0.6) is 11.5 Å². The molecule has 1 aromatic heterocycles. The van der Waals surface area contributed by atoms with Gasteiger partial charge < -0.3 is 9.47 Å². The summed E-state index contributed by atoms with van der Waals surface area (Å²) < 4.78 is 12.5. The van der Waals surface area contributed by atoms with Gasteiger partial charge in [0, 0.05) is 0 Å². The first kappa shape index (κ1) is 18.4. The van der Waals surface area contributed by atoms with E-state index in [9.17, 15) is 4.79 Å². The van der Waals surface area contributed by atoms with Crippen molar-refractivity contribution >= 4 is 23.2 Å². The van der Waals surface area contributed by atoms with Crippen molar-refractivity contribution in [2.45, 2.75) is 19.9 Å². The van der Waals surface area contributed by atoms with Gasteiger partial charge in [0.2, 0.25) is 0 Å². The van der Waals surface area contributed by atoms with Crippen molar-refractivity contribution in [1.29, 1.82) is 0 Å². The summed E-state index contributed by atoms with van der Waals surface area (Å²) in [6.07, 6.45) is 2.46. The number of methoxy groups -OCH3 is 1. The summed E-state index contributed by atoms with van der Waals surface area (Å²) in [5.74, 6) is 1.00. The molecule has 0 unspecified atom stereocenters. The molecule has 8 nitrogen and oxygen atoms in total. The van der Waals surface area contributed by atoms with Crippen LogP contribution in [-0.2, 0) is 11.3 Å². The van der Waals surface area contributed by atoms with Gasteiger partial charge in [-0.1, -0.05) is 24.3 Å². The second-order valence-corrected chi connectivity index (χ2v) is 5.79. The van der Waals surface area contributed by atoms with E-state index in [0.29, 0.717) is 18.1 Å². The molecular formula is C19H21N5O3. The van der Waals surface area contributed by atoms with Gasteiger partial charge in [-0.3, -0.25) is 4.79 Å². The second kappa shape index (κ2) is 8.79. The molecule has 0 aliphatic rings.